The van der Waals surface area contributed by atoms with Crippen molar-refractivity contribution in [3.8, 4) is 22.8 Å². The molecule has 2 fully saturated rings. The number of carbonyl (C=O) groups excluding carboxylic acids is 1. The molecular weight excluding hydrogens is 400 g/mol. The maximum Gasteiger partial charge on any atom is 0.253 e. The van der Waals surface area contributed by atoms with Crippen molar-refractivity contribution in [2.45, 2.75) is 39.0 Å². The molecule has 5 rings (SSSR count). The lowest BCUT2D eigenvalue weighted by Gasteiger charge is -2.17. The van der Waals surface area contributed by atoms with Crippen LogP contribution in [0.2, 0.25) is 0 Å². The number of ether oxygens (including phenoxy) is 2. The summed E-state index contributed by atoms with van der Waals surface area (Å²) in [4.78, 5) is 19.0. The summed E-state index contributed by atoms with van der Waals surface area (Å²) in [5.74, 6) is 3.29. The third kappa shape index (κ3) is 3.44. The van der Waals surface area contributed by atoms with Gasteiger partial charge in [0.1, 0.15) is 0 Å². The first-order valence-electron chi connectivity index (χ1n) is 11.7. The number of amides is 1. The average molecular weight is 433 g/mol. The van der Waals surface area contributed by atoms with Crippen molar-refractivity contribution in [3.05, 3.63) is 47.5 Å². The molecule has 1 aromatic heterocycles. The Hall–Kier alpha value is -2.95. The molecule has 1 N–H and O–H groups in total. The van der Waals surface area contributed by atoms with Crippen LogP contribution in [0.25, 0.3) is 22.2 Å². The number of nitrogens with zero attached hydrogens (tertiary/aromatic N) is 1. The number of likely N-dealkylation sites (tertiary alicyclic amines) is 1. The van der Waals surface area contributed by atoms with Crippen molar-refractivity contribution in [1.29, 1.82) is 0 Å². The summed E-state index contributed by atoms with van der Waals surface area (Å²) in [7, 11) is 3.30. The highest BCUT2D eigenvalue weighted by atomic mass is 16.5. The monoisotopic (exact) mass is 432 g/mol. The molecule has 168 valence electrons. The van der Waals surface area contributed by atoms with Crippen molar-refractivity contribution in [3.63, 3.8) is 0 Å². The lowest BCUT2D eigenvalue weighted by atomic mass is 9.95. The number of fused-ring (bicyclic) bond motifs is 2. The Bertz CT molecular complexity index is 1150. The first-order valence-corrected chi connectivity index (χ1v) is 11.7. The van der Waals surface area contributed by atoms with Crippen molar-refractivity contribution in [2.75, 3.05) is 27.3 Å². The Balaban J connectivity index is 1.54. The van der Waals surface area contributed by atoms with Gasteiger partial charge in [0, 0.05) is 35.1 Å². The van der Waals surface area contributed by atoms with Crippen LogP contribution in [0.3, 0.4) is 0 Å². The highest BCUT2D eigenvalue weighted by Crippen LogP contribution is 2.40. The van der Waals surface area contributed by atoms with Gasteiger partial charge in [-0.1, -0.05) is 20.3 Å². The molecule has 1 aliphatic carbocycles. The lowest BCUT2D eigenvalue weighted by Crippen LogP contribution is -2.29. The van der Waals surface area contributed by atoms with Crippen LogP contribution in [0, 0.1) is 11.8 Å². The van der Waals surface area contributed by atoms with Crippen LogP contribution in [0.4, 0.5) is 0 Å². The van der Waals surface area contributed by atoms with E-state index in [1.54, 1.807) is 14.2 Å². The van der Waals surface area contributed by atoms with Gasteiger partial charge in [0.15, 0.2) is 11.5 Å². The highest BCUT2D eigenvalue weighted by molar-refractivity contribution is 6.01. The van der Waals surface area contributed by atoms with Crippen molar-refractivity contribution < 1.29 is 14.3 Å². The second-order valence-electron chi connectivity index (χ2n) is 9.56. The van der Waals surface area contributed by atoms with Crippen LogP contribution >= 0.6 is 0 Å². The maximum atomic E-state index is 13.3. The number of nitrogens with one attached hydrogen (secondary N) is 1. The standard InChI is InChI=1S/C27H32N2O3/c1-16(2)25-21-12-18(27(30)29-14-19-6-5-7-20(19)15-29)8-10-22(21)28-26(25)17-9-11-23(31-3)24(13-17)32-4/h8-13,16,19-20,28H,5-7,14-15H2,1-4H3. The minimum Gasteiger partial charge on any atom is -0.493 e. The Morgan fingerprint density at radius 1 is 1.00 bits per heavy atom. The Morgan fingerprint density at radius 3 is 2.38 bits per heavy atom. The van der Waals surface area contributed by atoms with E-state index < -0.39 is 0 Å². The summed E-state index contributed by atoms with van der Waals surface area (Å²) >= 11 is 0. The number of benzene rings is 2. The topological polar surface area (TPSA) is 54.6 Å². The Labute approximate surface area is 189 Å². The minimum atomic E-state index is 0.171. The molecule has 0 spiro atoms. The first kappa shape index (κ1) is 20.9. The molecule has 3 aromatic rings. The van der Waals surface area contributed by atoms with Gasteiger partial charge in [0.05, 0.1) is 19.9 Å². The fourth-order valence-corrected chi connectivity index (χ4v) is 5.75. The van der Waals surface area contributed by atoms with E-state index in [-0.39, 0.29) is 5.91 Å². The third-order valence-corrected chi connectivity index (χ3v) is 7.35. The van der Waals surface area contributed by atoms with E-state index in [0.29, 0.717) is 29.3 Å². The number of carbonyl (C=O) groups is 1. The van der Waals surface area contributed by atoms with Crippen molar-refractivity contribution >= 4 is 16.8 Å². The highest BCUT2D eigenvalue weighted by Gasteiger charge is 2.38. The number of hydrogen-bond donors (Lipinski definition) is 1. The molecule has 1 aliphatic heterocycles. The molecular formula is C27H32N2O3. The molecule has 0 radical (unpaired) electrons. The molecule has 2 unspecified atom stereocenters. The number of aromatic nitrogens is 1. The van der Waals surface area contributed by atoms with E-state index in [1.165, 1.54) is 24.8 Å². The van der Waals surface area contributed by atoms with E-state index in [0.717, 1.165) is 40.8 Å². The number of rotatable bonds is 5. The second-order valence-corrected chi connectivity index (χ2v) is 9.56. The largest absolute Gasteiger partial charge is 0.493 e. The molecule has 2 aliphatic rings. The lowest BCUT2D eigenvalue weighted by molar-refractivity contribution is 0.0781. The number of hydrogen-bond acceptors (Lipinski definition) is 3. The molecule has 2 atom stereocenters. The van der Waals surface area contributed by atoms with Gasteiger partial charge in [0.2, 0.25) is 0 Å². The normalized spacial score (nSPS) is 20.2. The van der Waals surface area contributed by atoms with Gasteiger partial charge in [0.25, 0.3) is 5.91 Å². The predicted molar refractivity (Wildman–Crippen MR) is 128 cm³/mol. The summed E-state index contributed by atoms with van der Waals surface area (Å²) in [5.41, 5.74) is 5.17. The maximum absolute atomic E-state index is 13.3. The van der Waals surface area contributed by atoms with Gasteiger partial charge < -0.3 is 19.4 Å². The quantitative estimate of drug-likeness (QED) is 0.550. The minimum absolute atomic E-state index is 0.171. The Morgan fingerprint density at radius 2 is 1.72 bits per heavy atom. The molecule has 5 nitrogen and oxygen atoms in total. The Kier molecular flexibility index (Phi) is 5.36. The van der Waals surface area contributed by atoms with E-state index in [1.807, 2.05) is 24.3 Å². The summed E-state index contributed by atoms with van der Waals surface area (Å²) in [6, 6.07) is 12.1. The SMILES string of the molecule is COc1ccc(-c2[nH]c3ccc(C(=O)N4CC5CCCC5C4)cc3c2C(C)C)cc1OC. The molecule has 32 heavy (non-hydrogen) atoms. The van der Waals surface area contributed by atoms with E-state index in [4.69, 9.17) is 9.47 Å². The van der Waals surface area contributed by atoms with Crippen LogP contribution in [0.15, 0.2) is 36.4 Å². The van der Waals surface area contributed by atoms with Crippen LogP contribution in [0.5, 0.6) is 11.5 Å². The van der Waals surface area contributed by atoms with Gasteiger partial charge in [-0.3, -0.25) is 4.79 Å². The van der Waals surface area contributed by atoms with Gasteiger partial charge in [-0.15, -0.1) is 0 Å². The summed E-state index contributed by atoms with van der Waals surface area (Å²) in [6.45, 7) is 6.23. The van der Waals surface area contributed by atoms with E-state index >= 15 is 0 Å². The summed E-state index contributed by atoms with van der Waals surface area (Å²) < 4.78 is 10.9. The number of aromatic amines is 1. The van der Waals surface area contributed by atoms with E-state index in [9.17, 15) is 4.79 Å². The molecule has 0 bridgehead atoms. The second kappa shape index (κ2) is 8.19. The zero-order chi connectivity index (χ0) is 22.4. The predicted octanol–water partition coefficient (Wildman–Crippen LogP) is 5.85. The molecule has 5 heteroatoms. The molecule has 1 saturated carbocycles. The van der Waals surface area contributed by atoms with Crippen LogP contribution < -0.4 is 9.47 Å². The zero-order valence-electron chi connectivity index (χ0n) is 19.4. The van der Waals surface area contributed by atoms with Gasteiger partial charge in [-0.2, -0.15) is 0 Å². The van der Waals surface area contributed by atoms with Gasteiger partial charge >= 0.3 is 0 Å². The molecule has 1 amide bonds. The van der Waals surface area contributed by atoms with Crippen molar-refractivity contribution in [1.82, 2.24) is 9.88 Å². The van der Waals surface area contributed by atoms with Crippen LogP contribution in [-0.4, -0.2) is 43.1 Å². The fourth-order valence-electron chi connectivity index (χ4n) is 5.75. The van der Waals surface area contributed by atoms with Crippen molar-refractivity contribution in [2.24, 2.45) is 11.8 Å². The third-order valence-electron chi connectivity index (χ3n) is 7.35. The molecule has 2 heterocycles. The number of methoxy groups -OCH3 is 2. The van der Waals surface area contributed by atoms with Gasteiger partial charge in [-0.25, -0.2) is 0 Å². The first-order chi connectivity index (χ1) is 15.5. The summed E-state index contributed by atoms with van der Waals surface area (Å²) in [5, 5.41) is 1.12. The van der Waals surface area contributed by atoms with Crippen LogP contribution in [-0.2, 0) is 0 Å². The fraction of sp³-hybridized carbons (Fsp3) is 0.444. The smallest absolute Gasteiger partial charge is 0.253 e. The average Bonchev–Trinajstić information content (AvgIpc) is 3.50. The summed E-state index contributed by atoms with van der Waals surface area (Å²) in [6.07, 6.45) is 3.87. The van der Waals surface area contributed by atoms with Crippen LogP contribution in [0.1, 0.15) is 54.9 Å². The van der Waals surface area contributed by atoms with Gasteiger partial charge in [-0.05, 0) is 72.6 Å². The molecule has 1 saturated heterocycles. The molecule has 2 aromatic carbocycles. The van der Waals surface area contributed by atoms with E-state index in [2.05, 4.69) is 35.9 Å². The zero-order valence-corrected chi connectivity index (χ0v) is 19.4. The number of H-pyrrole nitrogens is 1.